The zero-order valence-corrected chi connectivity index (χ0v) is 11.1. The molecular weight excluding hydrogens is 262 g/mol. The van der Waals surface area contributed by atoms with Gasteiger partial charge in [-0.1, -0.05) is 12.1 Å². The van der Waals surface area contributed by atoms with Crippen LogP contribution in [0.5, 0.6) is 0 Å². The lowest BCUT2D eigenvalue weighted by Crippen LogP contribution is -2.42. The zero-order valence-electron chi connectivity index (χ0n) is 11.1. The molecule has 1 unspecified atom stereocenters. The number of amides is 2. The number of primary amides is 1. The van der Waals surface area contributed by atoms with E-state index in [0.717, 1.165) is 5.56 Å². The molecule has 0 radical (unpaired) electrons. The van der Waals surface area contributed by atoms with Crippen LogP contribution in [0.15, 0.2) is 24.3 Å². The number of methoxy groups -OCH3 is 1. The van der Waals surface area contributed by atoms with E-state index in [9.17, 15) is 14.4 Å². The number of carbonyl (C=O) groups is 3. The van der Waals surface area contributed by atoms with E-state index in [0.29, 0.717) is 5.56 Å². The van der Waals surface area contributed by atoms with Gasteiger partial charge in [0.1, 0.15) is 0 Å². The fourth-order valence-electron chi connectivity index (χ4n) is 1.51. The third-order valence-corrected chi connectivity index (χ3v) is 2.60. The number of rotatable bonds is 6. The average molecular weight is 279 g/mol. The van der Waals surface area contributed by atoms with Gasteiger partial charge in [0.25, 0.3) is 0 Å². The van der Waals surface area contributed by atoms with Gasteiger partial charge < -0.3 is 21.5 Å². The van der Waals surface area contributed by atoms with Gasteiger partial charge >= 0.3 is 5.97 Å². The van der Waals surface area contributed by atoms with Gasteiger partial charge in [0.2, 0.25) is 11.8 Å². The quantitative estimate of drug-likeness (QED) is 0.593. The van der Waals surface area contributed by atoms with E-state index in [-0.39, 0.29) is 13.0 Å². The zero-order chi connectivity index (χ0) is 15.1. The Labute approximate surface area is 116 Å². The number of hydrogen-bond donors (Lipinski definition) is 3. The van der Waals surface area contributed by atoms with Gasteiger partial charge in [-0.3, -0.25) is 9.59 Å². The summed E-state index contributed by atoms with van der Waals surface area (Å²) in [6, 6.07) is 5.60. The van der Waals surface area contributed by atoms with Crippen LogP contribution in [-0.4, -0.2) is 30.9 Å². The Morgan fingerprint density at radius 2 is 1.85 bits per heavy atom. The Morgan fingerprint density at radius 3 is 2.35 bits per heavy atom. The first-order chi connectivity index (χ1) is 9.43. The first-order valence-corrected chi connectivity index (χ1v) is 5.93. The van der Waals surface area contributed by atoms with E-state index >= 15 is 0 Å². The van der Waals surface area contributed by atoms with Crippen molar-refractivity contribution in [2.45, 2.75) is 19.0 Å². The molecule has 0 heterocycles. The predicted octanol–water partition coefficient (Wildman–Crippen LogP) is -0.708. The molecule has 2 amide bonds. The first kappa shape index (κ1) is 15.6. The molecule has 0 fully saturated rings. The average Bonchev–Trinajstić information content (AvgIpc) is 2.43. The number of carbonyl (C=O) groups excluding carboxylic acids is 3. The predicted molar refractivity (Wildman–Crippen MR) is 71.4 cm³/mol. The van der Waals surface area contributed by atoms with Crippen molar-refractivity contribution in [2.75, 3.05) is 7.11 Å². The number of hydrogen-bond acceptors (Lipinski definition) is 5. The number of nitrogens with two attached hydrogens (primary N) is 2. The smallest absolute Gasteiger partial charge is 0.337 e. The molecule has 0 saturated carbocycles. The van der Waals surface area contributed by atoms with Crippen LogP contribution in [0, 0.1) is 0 Å². The molecule has 0 bridgehead atoms. The van der Waals surface area contributed by atoms with Crippen molar-refractivity contribution in [3.8, 4) is 0 Å². The van der Waals surface area contributed by atoms with Crippen LogP contribution in [0.25, 0.3) is 0 Å². The minimum atomic E-state index is -0.957. The van der Waals surface area contributed by atoms with Gasteiger partial charge in [-0.15, -0.1) is 0 Å². The standard InChI is InChI=1S/C13H17N3O4/c1-20-13(19)9-4-2-8(3-5-9)7-16-12(18)10(14)6-11(15)17/h2-5,10H,6-7,14H2,1H3,(H2,15,17)(H,16,18). The van der Waals surface area contributed by atoms with E-state index in [2.05, 4.69) is 10.1 Å². The lowest BCUT2D eigenvalue weighted by Gasteiger charge is -2.10. The summed E-state index contributed by atoms with van der Waals surface area (Å²) in [6.07, 6.45) is -0.201. The van der Waals surface area contributed by atoms with Gasteiger partial charge in [-0.25, -0.2) is 4.79 Å². The number of nitrogens with one attached hydrogen (secondary N) is 1. The topological polar surface area (TPSA) is 125 Å². The Bertz CT molecular complexity index is 499. The monoisotopic (exact) mass is 279 g/mol. The Morgan fingerprint density at radius 1 is 1.25 bits per heavy atom. The van der Waals surface area contributed by atoms with E-state index in [1.807, 2.05) is 0 Å². The Kier molecular flexibility index (Phi) is 5.67. The van der Waals surface area contributed by atoms with Gasteiger partial charge in [-0.05, 0) is 17.7 Å². The minimum absolute atomic E-state index is 0.201. The lowest BCUT2D eigenvalue weighted by molar-refractivity contribution is -0.126. The van der Waals surface area contributed by atoms with E-state index < -0.39 is 23.8 Å². The largest absolute Gasteiger partial charge is 0.465 e. The minimum Gasteiger partial charge on any atom is -0.465 e. The van der Waals surface area contributed by atoms with Crippen molar-refractivity contribution in [3.05, 3.63) is 35.4 Å². The van der Waals surface area contributed by atoms with E-state index in [4.69, 9.17) is 11.5 Å². The number of ether oxygens (including phenoxy) is 1. The van der Waals surface area contributed by atoms with Crippen molar-refractivity contribution in [3.63, 3.8) is 0 Å². The summed E-state index contributed by atoms with van der Waals surface area (Å²) in [5.74, 6) is -1.51. The third kappa shape index (κ3) is 4.69. The summed E-state index contributed by atoms with van der Waals surface area (Å²) >= 11 is 0. The second kappa shape index (κ2) is 7.25. The number of benzene rings is 1. The third-order valence-electron chi connectivity index (χ3n) is 2.60. The molecule has 20 heavy (non-hydrogen) atoms. The van der Waals surface area contributed by atoms with Crippen molar-refractivity contribution < 1.29 is 19.1 Å². The molecule has 0 aliphatic heterocycles. The molecule has 1 aromatic rings. The SMILES string of the molecule is COC(=O)c1ccc(CNC(=O)C(N)CC(N)=O)cc1. The molecule has 108 valence electrons. The van der Waals surface area contributed by atoms with Crippen LogP contribution in [0.2, 0.25) is 0 Å². The summed E-state index contributed by atoms with van der Waals surface area (Å²) in [6.45, 7) is 0.243. The molecule has 7 heteroatoms. The van der Waals surface area contributed by atoms with Gasteiger partial charge in [-0.2, -0.15) is 0 Å². The second-order valence-corrected chi connectivity index (χ2v) is 4.18. The maximum absolute atomic E-state index is 11.6. The molecule has 0 saturated heterocycles. The highest BCUT2D eigenvalue weighted by molar-refractivity contribution is 5.89. The maximum Gasteiger partial charge on any atom is 0.337 e. The molecule has 1 rings (SSSR count). The normalized spacial score (nSPS) is 11.5. The van der Waals surface area contributed by atoms with Crippen LogP contribution in [0.4, 0.5) is 0 Å². The summed E-state index contributed by atoms with van der Waals surface area (Å²) in [7, 11) is 1.30. The van der Waals surface area contributed by atoms with Crippen LogP contribution >= 0.6 is 0 Å². The van der Waals surface area contributed by atoms with Crippen molar-refractivity contribution in [2.24, 2.45) is 11.5 Å². The molecule has 5 N–H and O–H groups in total. The fourth-order valence-corrected chi connectivity index (χ4v) is 1.51. The van der Waals surface area contributed by atoms with E-state index in [1.54, 1.807) is 24.3 Å². The highest BCUT2D eigenvalue weighted by atomic mass is 16.5. The second-order valence-electron chi connectivity index (χ2n) is 4.18. The van der Waals surface area contributed by atoms with Gasteiger partial charge in [0, 0.05) is 6.54 Å². The van der Waals surface area contributed by atoms with Crippen molar-refractivity contribution in [1.29, 1.82) is 0 Å². The van der Waals surface area contributed by atoms with Crippen LogP contribution in [-0.2, 0) is 20.9 Å². The fraction of sp³-hybridized carbons (Fsp3) is 0.308. The van der Waals surface area contributed by atoms with Gasteiger partial charge in [0.05, 0.1) is 25.1 Å². The Balaban J connectivity index is 2.51. The number of esters is 1. The first-order valence-electron chi connectivity index (χ1n) is 5.93. The van der Waals surface area contributed by atoms with Gasteiger partial charge in [0.15, 0.2) is 0 Å². The van der Waals surface area contributed by atoms with Crippen LogP contribution in [0.1, 0.15) is 22.3 Å². The maximum atomic E-state index is 11.6. The molecule has 1 atom stereocenters. The van der Waals surface area contributed by atoms with Crippen LogP contribution in [0.3, 0.4) is 0 Å². The molecule has 0 aromatic heterocycles. The summed E-state index contributed by atoms with van der Waals surface area (Å²) in [5, 5.41) is 2.58. The summed E-state index contributed by atoms with van der Waals surface area (Å²) in [5.41, 5.74) is 11.7. The molecular formula is C13H17N3O4. The molecule has 0 aliphatic rings. The highest BCUT2D eigenvalue weighted by Crippen LogP contribution is 2.05. The molecule has 7 nitrogen and oxygen atoms in total. The Hall–Kier alpha value is -2.41. The van der Waals surface area contributed by atoms with Crippen LogP contribution < -0.4 is 16.8 Å². The molecule has 1 aromatic carbocycles. The van der Waals surface area contributed by atoms with Crippen molar-refractivity contribution in [1.82, 2.24) is 5.32 Å². The summed E-state index contributed by atoms with van der Waals surface area (Å²) in [4.78, 5) is 33.4. The highest BCUT2D eigenvalue weighted by Gasteiger charge is 2.15. The molecule has 0 spiro atoms. The van der Waals surface area contributed by atoms with Crippen molar-refractivity contribution >= 4 is 17.8 Å². The lowest BCUT2D eigenvalue weighted by atomic mass is 10.1. The molecule has 0 aliphatic carbocycles. The summed E-state index contributed by atoms with van der Waals surface area (Å²) < 4.78 is 4.57. The van der Waals surface area contributed by atoms with E-state index in [1.165, 1.54) is 7.11 Å².